The van der Waals surface area contributed by atoms with E-state index in [4.69, 9.17) is 4.74 Å². The number of nitrogens with one attached hydrogen (secondary N) is 2. The Morgan fingerprint density at radius 3 is 2.81 bits per heavy atom. The number of likely N-dealkylation sites (tertiary alicyclic amines) is 1. The summed E-state index contributed by atoms with van der Waals surface area (Å²) < 4.78 is 18.9. The summed E-state index contributed by atoms with van der Waals surface area (Å²) in [5.41, 5.74) is 0.120. The molecule has 7 nitrogen and oxygen atoms in total. The standard InChI is InChI=1S/C19H27FN4O3/c1-27-16-7-8-21-15(17(16)20)12-22-19(26)23-14-6-5-13(11-14)18(25)24-9-3-2-4-10-24/h7-8,13-14H,2-6,9-12H2,1H3,(H2,22,23,26)/t13-,14+/m1/s1. The van der Waals surface area contributed by atoms with Gasteiger partial charge in [0.05, 0.1) is 19.3 Å². The lowest BCUT2D eigenvalue weighted by Crippen LogP contribution is -2.42. The molecule has 0 bridgehead atoms. The molecule has 2 heterocycles. The number of pyridine rings is 1. The van der Waals surface area contributed by atoms with Crippen LogP contribution in [0.15, 0.2) is 12.3 Å². The highest BCUT2D eigenvalue weighted by atomic mass is 19.1. The van der Waals surface area contributed by atoms with Gasteiger partial charge in [0.1, 0.15) is 0 Å². The summed E-state index contributed by atoms with van der Waals surface area (Å²) >= 11 is 0. The molecular formula is C19H27FN4O3. The fraction of sp³-hybridized carbons (Fsp3) is 0.632. The fourth-order valence-electron chi connectivity index (χ4n) is 3.86. The second-order valence-electron chi connectivity index (χ2n) is 7.19. The Bertz CT molecular complexity index is 679. The van der Waals surface area contributed by atoms with Crippen LogP contribution in [0.1, 0.15) is 44.2 Å². The third kappa shape index (κ3) is 4.87. The van der Waals surface area contributed by atoms with Gasteiger partial charge in [0, 0.05) is 37.3 Å². The molecule has 8 heteroatoms. The molecule has 3 amide bonds. The Kier molecular flexibility index (Phi) is 6.47. The van der Waals surface area contributed by atoms with Gasteiger partial charge < -0.3 is 20.3 Å². The SMILES string of the molecule is COc1ccnc(CNC(=O)N[C@H]2CC[C@@H](C(=O)N3CCCCC3)C2)c1F. The second kappa shape index (κ2) is 9.01. The van der Waals surface area contributed by atoms with E-state index in [0.717, 1.165) is 38.8 Å². The second-order valence-corrected chi connectivity index (χ2v) is 7.19. The maximum atomic E-state index is 14.0. The van der Waals surface area contributed by atoms with Crippen molar-refractivity contribution in [3.63, 3.8) is 0 Å². The summed E-state index contributed by atoms with van der Waals surface area (Å²) in [7, 11) is 1.38. The maximum Gasteiger partial charge on any atom is 0.315 e. The van der Waals surface area contributed by atoms with Crippen molar-refractivity contribution in [3.8, 4) is 5.75 Å². The van der Waals surface area contributed by atoms with Crippen LogP contribution in [-0.4, -0.2) is 48.1 Å². The number of rotatable bonds is 5. The van der Waals surface area contributed by atoms with Crippen molar-refractivity contribution >= 4 is 11.9 Å². The number of nitrogens with zero attached hydrogens (tertiary/aromatic N) is 2. The molecule has 1 saturated carbocycles. The quantitative estimate of drug-likeness (QED) is 0.823. The van der Waals surface area contributed by atoms with Crippen molar-refractivity contribution in [1.29, 1.82) is 0 Å². The highest BCUT2D eigenvalue weighted by molar-refractivity contribution is 5.80. The van der Waals surface area contributed by atoms with Crippen molar-refractivity contribution < 1.29 is 18.7 Å². The van der Waals surface area contributed by atoms with Crippen molar-refractivity contribution in [2.45, 2.75) is 51.1 Å². The minimum absolute atomic E-state index is 0.00843. The molecule has 2 N–H and O–H groups in total. The predicted octanol–water partition coefficient (Wildman–Crippen LogP) is 2.21. The molecule has 148 valence electrons. The highest BCUT2D eigenvalue weighted by Gasteiger charge is 2.33. The van der Waals surface area contributed by atoms with E-state index in [1.807, 2.05) is 4.90 Å². The van der Waals surface area contributed by atoms with Gasteiger partial charge in [-0.1, -0.05) is 0 Å². The lowest BCUT2D eigenvalue weighted by atomic mass is 10.0. The molecule has 1 aliphatic heterocycles. The van der Waals surface area contributed by atoms with Gasteiger partial charge in [-0.25, -0.2) is 9.18 Å². The number of carbonyl (C=O) groups is 2. The topological polar surface area (TPSA) is 83.6 Å². The molecule has 2 aliphatic rings. The average Bonchev–Trinajstić information content (AvgIpc) is 3.15. The van der Waals surface area contributed by atoms with Crippen LogP contribution in [0.2, 0.25) is 0 Å². The van der Waals surface area contributed by atoms with Gasteiger partial charge in [0.15, 0.2) is 11.6 Å². The van der Waals surface area contributed by atoms with Crippen molar-refractivity contribution in [3.05, 3.63) is 23.8 Å². The normalized spacial score (nSPS) is 22.4. The molecule has 0 aromatic carbocycles. The Hall–Kier alpha value is -2.38. The summed E-state index contributed by atoms with van der Waals surface area (Å²) in [5.74, 6) is -0.265. The van der Waals surface area contributed by atoms with E-state index >= 15 is 0 Å². The number of amides is 3. The Labute approximate surface area is 158 Å². The first-order chi connectivity index (χ1) is 13.1. The van der Waals surface area contributed by atoms with E-state index in [1.165, 1.54) is 25.8 Å². The fourth-order valence-corrected chi connectivity index (χ4v) is 3.86. The minimum Gasteiger partial charge on any atom is -0.494 e. The minimum atomic E-state index is -0.576. The molecule has 2 atom stereocenters. The number of halogens is 1. The van der Waals surface area contributed by atoms with Crippen LogP contribution in [0.5, 0.6) is 5.75 Å². The number of ether oxygens (including phenoxy) is 1. The molecule has 2 fully saturated rings. The summed E-state index contributed by atoms with van der Waals surface area (Å²) in [6.07, 6.45) is 7.03. The number of piperidine rings is 1. The molecule has 0 radical (unpaired) electrons. The first-order valence-corrected chi connectivity index (χ1v) is 9.59. The molecule has 27 heavy (non-hydrogen) atoms. The number of hydrogen-bond donors (Lipinski definition) is 2. The third-order valence-electron chi connectivity index (χ3n) is 5.35. The summed E-state index contributed by atoms with van der Waals surface area (Å²) in [6, 6.07) is 1.01. The third-order valence-corrected chi connectivity index (χ3v) is 5.35. The molecule has 3 rings (SSSR count). The Morgan fingerprint density at radius 2 is 2.07 bits per heavy atom. The van der Waals surface area contributed by atoms with Gasteiger partial charge in [0.25, 0.3) is 0 Å². The number of urea groups is 1. The summed E-state index contributed by atoms with van der Waals surface area (Å²) in [5, 5.41) is 5.50. The van der Waals surface area contributed by atoms with E-state index in [9.17, 15) is 14.0 Å². The van der Waals surface area contributed by atoms with Gasteiger partial charge in [0.2, 0.25) is 5.91 Å². The number of aromatic nitrogens is 1. The van der Waals surface area contributed by atoms with E-state index in [0.29, 0.717) is 6.42 Å². The first kappa shape index (κ1) is 19.4. The largest absolute Gasteiger partial charge is 0.494 e. The maximum absolute atomic E-state index is 14.0. The van der Waals surface area contributed by atoms with Gasteiger partial charge in [-0.2, -0.15) is 0 Å². The molecule has 0 unspecified atom stereocenters. The molecule has 0 spiro atoms. The molecule has 1 aliphatic carbocycles. The van der Waals surface area contributed by atoms with Crippen molar-refractivity contribution in [1.82, 2.24) is 20.5 Å². The van der Waals surface area contributed by atoms with Crippen molar-refractivity contribution in [2.75, 3.05) is 20.2 Å². The van der Waals surface area contributed by atoms with Gasteiger partial charge in [-0.05, 0) is 38.5 Å². The molecule has 1 aromatic heterocycles. The van der Waals surface area contributed by atoms with Crippen molar-refractivity contribution in [2.24, 2.45) is 5.92 Å². The Morgan fingerprint density at radius 1 is 1.30 bits per heavy atom. The zero-order valence-corrected chi connectivity index (χ0v) is 15.7. The van der Waals surface area contributed by atoms with Gasteiger partial charge in [-0.3, -0.25) is 9.78 Å². The van der Waals surface area contributed by atoms with Crippen LogP contribution in [-0.2, 0) is 11.3 Å². The van der Waals surface area contributed by atoms with E-state index < -0.39 is 5.82 Å². The summed E-state index contributed by atoms with van der Waals surface area (Å²) in [4.78, 5) is 30.6. The van der Waals surface area contributed by atoms with Gasteiger partial charge >= 0.3 is 6.03 Å². The number of methoxy groups -OCH3 is 1. The van der Waals surface area contributed by atoms with E-state index in [1.54, 1.807) is 0 Å². The number of hydrogen-bond acceptors (Lipinski definition) is 4. The summed E-state index contributed by atoms with van der Waals surface area (Å²) in [6.45, 7) is 1.68. The molecular weight excluding hydrogens is 351 g/mol. The van der Waals surface area contributed by atoms with Crippen LogP contribution < -0.4 is 15.4 Å². The van der Waals surface area contributed by atoms with E-state index in [2.05, 4.69) is 15.6 Å². The molecule has 1 aromatic rings. The lowest BCUT2D eigenvalue weighted by molar-refractivity contribution is -0.136. The van der Waals surface area contributed by atoms with Crippen LogP contribution in [0, 0.1) is 11.7 Å². The van der Waals surface area contributed by atoms with Crippen LogP contribution in [0.25, 0.3) is 0 Å². The zero-order valence-electron chi connectivity index (χ0n) is 15.7. The van der Waals surface area contributed by atoms with E-state index in [-0.39, 0.29) is 41.9 Å². The number of carbonyl (C=O) groups excluding carboxylic acids is 2. The first-order valence-electron chi connectivity index (χ1n) is 9.59. The van der Waals surface area contributed by atoms with Crippen LogP contribution in [0.4, 0.5) is 9.18 Å². The zero-order chi connectivity index (χ0) is 19.2. The average molecular weight is 378 g/mol. The van der Waals surface area contributed by atoms with Gasteiger partial charge in [-0.15, -0.1) is 0 Å². The monoisotopic (exact) mass is 378 g/mol. The van der Waals surface area contributed by atoms with Crippen LogP contribution in [0.3, 0.4) is 0 Å². The Balaban J connectivity index is 1.44. The molecule has 1 saturated heterocycles. The predicted molar refractivity (Wildman–Crippen MR) is 97.7 cm³/mol. The lowest BCUT2D eigenvalue weighted by Gasteiger charge is -2.29. The smallest absolute Gasteiger partial charge is 0.315 e. The highest BCUT2D eigenvalue weighted by Crippen LogP contribution is 2.28. The van der Waals surface area contributed by atoms with Crippen LogP contribution >= 0.6 is 0 Å².